The lowest BCUT2D eigenvalue weighted by Gasteiger charge is -2.22. The molecular weight excluding hydrogens is 332 g/mol. The number of carbonyl (C=O) groups excluding carboxylic acids is 3. The molecule has 0 unspecified atom stereocenters. The van der Waals surface area contributed by atoms with Crippen LogP contribution in [0.3, 0.4) is 0 Å². The predicted octanol–water partition coefficient (Wildman–Crippen LogP) is 0.994. The van der Waals surface area contributed by atoms with Gasteiger partial charge >= 0.3 is 11.9 Å². The van der Waals surface area contributed by atoms with Gasteiger partial charge in [0.15, 0.2) is 0 Å². The number of ether oxygens (including phenoxy) is 2. The number of rotatable bonds is 8. The number of methoxy groups -OCH3 is 2. The van der Waals surface area contributed by atoms with Gasteiger partial charge in [0, 0.05) is 12.1 Å². The number of nitrogens with one attached hydrogen (secondary N) is 1. The van der Waals surface area contributed by atoms with Crippen molar-refractivity contribution in [3.05, 3.63) is 39.9 Å². The van der Waals surface area contributed by atoms with Crippen molar-refractivity contribution in [1.29, 1.82) is 0 Å². The Bertz CT molecular complexity index is 660. The molecule has 1 N–H and O–H groups in total. The zero-order valence-electron chi connectivity index (χ0n) is 14.2. The van der Waals surface area contributed by atoms with Gasteiger partial charge in [0.25, 0.3) is 5.69 Å². The molecule has 0 heterocycles. The first-order chi connectivity index (χ1) is 11.8. The van der Waals surface area contributed by atoms with Crippen molar-refractivity contribution in [3.63, 3.8) is 0 Å². The van der Waals surface area contributed by atoms with E-state index in [1.165, 1.54) is 32.4 Å². The Kier molecular flexibility index (Phi) is 7.51. The summed E-state index contributed by atoms with van der Waals surface area (Å²) in [6.45, 7) is 1.60. The molecule has 0 fully saturated rings. The molecule has 0 saturated carbocycles. The SMILES string of the molecule is COC(=O)C[C@H](C)[C@@H](NC(=O)Cc1cccc([N+](=O)[O-])c1)C(=O)OC. The van der Waals surface area contributed by atoms with Gasteiger partial charge in [-0.3, -0.25) is 19.7 Å². The minimum Gasteiger partial charge on any atom is -0.469 e. The molecule has 0 bridgehead atoms. The number of nitro groups is 1. The molecule has 0 aliphatic heterocycles. The van der Waals surface area contributed by atoms with E-state index in [-0.39, 0.29) is 18.5 Å². The Morgan fingerprint density at radius 2 is 1.92 bits per heavy atom. The molecule has 25 heavy (non-hydrogen) atoms. The second-order valence-corrected chi connectivity index (χ2v) is 5.43. The molecule has 1 aromatic rings. The van der Waals surface area contributed by atoms with E-state index < -0.39 is 34.7 Å². The Morgan fingerprint density at radius 1 is 1.24 bits per heavy atom. The highest BCUT2D eigenvalue weighted by Crippen LogP contribution is 2.15. The van der Waals surface area contributed by atoms with Crippen LogP contribution in [0.5, 0.6) is 0 Å². The topological polar surface area (TPSA) is 125 Å². The first-order valence-electron chi connectivity index (χ1n) is 7.45. The summed E-state index contributed by atoms with van der Waals surface area (Å²) in [5.74, 6) is -2.28. The first-order valence-corrected chi connectivity index (χ1v) is 7.45. The van der Waals surface area contributed by atoms with E-state index in [0.29, 0.717) is 5.56 Å². The van der Waals surface area contributed by atoms with Crippen LogP contribution in [0, 0.1) is 16.0 Å². The summed E-state index contributed by atoms with van der Waals surface area (Å²) in [7, 11) is 2.40. The van der Waals surface area contributed by atoms with E-state index in [1.54, 1.807) is 13.0 Å². The molecule has 136 valence electrons. The Labute approximate surface area is 144 Å². The number of nitro benzene ring substituents is 1. The van der Waals surface area contributed by atoms with Gasteiger partial charge in [0.05, 0.1) is 32.0 Å². The largest absolute Gasteiger partial charge is 0.469 e. The van der Waals surface area contributed by atoms with Crippen molar-refractivity contribution in [1.82, 2.24) is 5.32 Å². The molecule has 9 nitrogen and oxygen atoms in total. The third kappa shape index (κ3) is 6.21. The average Bonchev–Trinajstić information content (AvgIpc) is 2.58. The summed E-state index contributed by atoms with van der Waals surface area (Å²) in [6, 6.07) is 4.60. The van der Waals surface area contributed by atoms with Crippen molar-refractivity contribution in [2.24, 2.45) is 5.92 Å². The van der Waals surface area contributed by atoms with Gasteiger partial charge in [-0.05, 0) is 11.5 Å². The van der Waals surface area contributed by atoms with Gasteiger partial charge in [0.2, 0.25) is 5.91 Å². The minimum absolute atomic E-state index is 0.0760. The van der Waals surface area contributed by atoms with Crippen LogP contribution in [-0.4, -0.2) is 43.0 Å². The van der Waals surface area contributed by atoms with Gasteiger partial charge in [-0.2, -0.15) is 0 Å². The molecule has 0 aliphatic rings. The van der Waals surface area contributed by atoms with Crippen molar-refractivity contribution < 1.29 is 28.8 Å². The molecule has 0 aliphatic carbocycles. The molecule has 0 radical (unpaired) electrons. The summed E-state index contributed by atoms with van der Waals surface area (Å²) < 4.78 is 9.21. The highest BCUT2D eigenvalue weighted by Gasteiger charge is 2.29. The number of nitrogens with zero attached hydrogens (tertiary/aromatic N) is 1. The zero-order chi connectivity index (χ0) is 19.0. The number of non-ortho nitro benzene ring substituents is 1. The summed E-state index contributed by atoms with van der Waals surface area (Å²) in [6.07, 6.45) is -0.229. The van der Waals surface area contributed by atoms with E-state index in [2.05, 4.69) is 14.8 Å². The van der Waals surface area contributed by atoms with Gasteiger partial charge in [-0.1, -0.05) is 19.1 Å². The fourth-order valence-electron chi connectivity index (χ4n) is 2.21. The summed E-state index contributed by atoms with van der Waals surface area (Å²) >= 11 is 0. The van der Waals surface area contributed by atoms with Crippen molar-refractivity contribution in [2.75, 3.05) is 14.2 Å². The van der Waals surface area contributed by atoms with Crippen molar-refractivity contribution >= 4 is 23.5 Å². The smallest absolute Gasteiger partial charge is 0.328 e. The van der Waals surface area contributed by atoms with E-state index in [1.807, 2.05) is 0 Å². The number of carbonyl (C=O) groups is 3. The summed E-state index contributed by atoms with van der Waals surface area (Å²) in [5, 5.41) is 13.3. The van der Waals surface area contributed by atoms with Crippen LogP contribution >= 0.6 is 0 Å². The zero-order valence-corrected chi connectivity index (χ0v) is 14.2. The maximum absolute atomic E-state index is 12.2. The van der Waals surface area contributed by atoms with E-state index in [4.69, 9.17) is 0 Å². The van der Waals surface area contributed by atoms with Gasteiger partial charge in [-0.15, -0.1) is 0 Å². The molecule has 9 heteroatoms. The number of esters is 2. The van der Waals surface area contributed by atoms with E-state index in [9.17, 15) is 24.5 Å². The molecule has 0 aromatic heterocycles. The second-order valence-electron chi connectivity index (χ2n) is 5.43. The minimum atomic E-state index is -1.03. The summed E-state index contributed by atoms with van der Waals surface area (Å²) in [5.41, 5.74) is 0.296. The fourth-order valence-corrected chi connectivity index (χ4v) is 2.21. The Balaban J connectivity index is 2.81. The lowest BCUT2D eigenvalue weighted by Crippen LogP contribution is -2.46. The molecule has 1 rings (SSSR count). The van der Waals surface area contributed by atoms with Crippen LogP contribution in [0.15, 0.2) is 24.3 Å². The molecule has 0 saturated heterocycles. The average molecular weight is 352 g/mol. The van der Waals surface area contributed by atoms with Gasteiger partial charge in [0.1, 0.15) is 6.04 Å². The Hall–Kier alpha value is -2.97. The third-order valence-corrected chi connectivity index (χ3v) is 3.54. The quantitative estimate of drug-likeness (QED) is 0.420. The van der Waals surface area contributed by atoms with Crippen LogP contribution in [0.25, 0.3) is 0 Å². The van der Waals surface area contributed by atoms with Crippen molar-refractivity contribution in [2.45, 2.75) is 25.8 Å². The number of hydrogen-bond acceptors (Lipinski definition) is 7. The lowest BCUT2D eigenvalue weighted by molar-refractivity contribution is -0.384. The maximum atomic E-state index is 12.2. The van der Waals surface area contributed by atoms with Gasteiger partial charge < -0.3 is 14.8 Å². The van der Waals surface area contributed by atoms with Gasteiger partial charge in [-0.25, -0.2) is 4.79 Å². The fraction of sp³-hybridized carbons (Fsp3) is 0.438. The van der Waals surface area contributed by atoms with Crippen LogP contribution in [-0.2, 0) is 30.3 Å². The molecule has 0 spiro atoms. The van der Waals surface area contributed by atoms with E-state index >= 15 is 0 Å². The monoisotopic (exact) mass is 352 g/mol. The standard InChI is InChI=1S/C16H20N2O7/c1-10(7-14(20)24-2)15(16(21)25-3)17-13(19)9-11-5-4-6-12(8-11)18(22)23/h4-6,8,10,15H,7,9H2,1-3H3,(H,17,19)/t10-,15+/m0/s1. The number of benzene rings is 1. The van der Waals surface area contributed by atoms with Crippen LogP contribution in [0.4, 0.5) is 5.69 Å². The van der Waals surface area contributed by atoms with Crippen LogP contribution < -0.4 is 5.32 Å². The predicted molar refractivity (Wildman–Crippen MR) is 86.5 cm³/mol. The highest BCUT2D eigenvalue weighted by molar-refractivity contribution is 5.86. The molecular formula is C16H20N2O7. The third-order valence-electron chi connectivity index (χ3n) is 3.54. The number of amides is 1. The summed E-state index contributed by atoms with van der Waals surface area (Å²) in [4.78, 5) is 45.6. The molecule has 1 amide bonds. The highest BCUT2D eigenvalue weighted by atomic mass is 16.6. The first kappa shape index (κ1) is 20.1. The Morgan fingerprint density at radius 3 is 2.48 bits per heavy atom. The van der Waals surface area contributed by atoms with Crippen LogP contribution in [0.1, 0.15) is 18.9 Å². The van der Waals surface area contributed by atoms with Crippen molar-refractivity contribution in [3.8, 4) is 0 Å². The maximum Gasteiger partial charge on any atom is 0.328 e. The van der Waals surface area contributed by atoms with Crippen LogP contribution in [0.2, 0.25) is 0 Å². The van der Waals surface area contributed by atoms with E-state index in [0.717, 1.165) is 0 Å². The molecule has 1 aromatic carbocycles. The number of hydrogen-bond donors (Lipinski definition) is 1. The normalized spacial score (nSPS) is 12.6. The lowest BCUT2D eigenvalue weighted by atomic mass is 9.98. The second kappa shape index (κ2) is 9.36. The molecule has 2 atom stereocenters.